The van der Waals surface area contributed by atoms with Crippen molar-refractivity contribution in [2.45, 2.75) is 0 Å². The number of nitrogens with two attached hydrogens (primary N) is 2. The fourth-order valence-corrected chi connectivity index (χ4v) is 1.81. The van der Waals surface area contributed by atoms with E-state index in [1.807, 2.05) is 12.1 Å². The summed E-state index contributed by atoms with van der Waals surface area (Å²) >= 11 is 0. The molecule has 1 unspecified atom stereocenters. The Morgan fingerprint density at radius 1 is 1.00 bits per heavy atom. The molecule has 0 amide bonds. The van der Waals surface area contributed by atoms with Crippen LogP contribution < -0.4 is 11.5 Å². The number of hydrogen-bond donors (Lipinski definition) is 3. The van der Waals surface area contributed by atoms with Crippen LogP contribution in [0.2, 0.25) is 0 Å². The molecule has 1 atom stereocenters. The second kappa shape index (κ2) is 5.07. The SMILES string of the molecule is Nc1ccc(C(P)=Nc2cc(N)ccc2O)cc1. The molecule has 2 aromatic rings. The molecule has 0 saturated carbocycles. The third-order valence-corrected chi connectivity index (χ3v) is 2.91. The second-order valence-electron chi connectivity index (χ2n) is 3.87. The highest BCUT2D eigenvalue weighted by Gasteiger charge is 2.02. The van der Waals surface area contributed by atoms with Gasteiger partial charge < -0.3 is 16.6 Å². The van der Waals surface area contributed by atoms with E-state index in [1.165, 1.54) is 6.07 Å². The van der Waals surface area contributed by atoms with Gasteiger partial charge in [0.25, 0.3) is 0 Å². The van der Waals surface area contributed by atoms with Crippen molar-refractivity contribution in [1.29, 1.82) is 0 Å². The Morgan fingerprint density at radius 3 is 2.28 bits per heavy atom. The zero-order chi connectivity index (χ0) is 13.1. The summed E-state index contributed by atoms with van der Waals surface area (Å²) in [5.41, 5.74) is 14.6. The van der Waals surface area contributed by atoms with Crippen molar-refractivity contribution < 1.29 is 5.11 Å². The smallest absolute Gasteiger partial charge is 0.141 e. The fraction of sp³-hybridized carbons (Fsp3) is 0. The van der Waals surface area contributed by atoms with E-state index in [9.17, 15) is 5.11 Å². The van der Waals surface area contributed by atoms with Crippen LogP contribution in [0, 0.1) is 0 Å². The molecule has 2 aromatic carbocycles. The van der Waals surface area contributed by atoms with Gasteiger partial charge in [-0.05, 0) is 30.3 Å². The molecule has 18 heavy (non-hydrogen) atoms. The minimum atomic E-state index is 0.0968. The number of rotatable bonds is 2. The number of phenolic OH excluding ortho intramolecular Hbond substituents is 1. The molecule has 0 saturated heterocycles. The van der Waals surface area contributed by atoms with Gasteiger partial charge in [0.05, 0.1) is 5.45 Å². The summed E-state index contributed by atoms with van der Waals surface area (Å²) in [5.74, 6) is 0.0968. The summed E-state index contributed by atoms with van der Waals surface area (Å²) < 4.78 is 0. The maximum Gasteiger partial charge on any atom is 0.141 e. The monoisotopic (exact) mass is 259 g/mol. The third-order valence-electron chi connectivity index (χ3n) is 2.45. The van der Waals surface area contributed by atoms with Crippen molar-refractivity contribution in [3.8, 4) is 5.75 Å². The van der Waals surface area contributed by atoms with Crippen molar-refractivity contribution in [1.82, 2.24) is 0 Å². The van der Waals surface area contributed by atoms with Gasteiger partial charge in [-0.3, -0.25) is 0 Å². The lowest BCUT2D eigenvalue weighted by Gasteiger charge is -2.04. The minimum absolute atomic E-state index is 0.0968. The molecule has 0 bridgehead atoms. The number of aliphatic imine (C=N–C) groups is 1. The van der Waals surface area contributed by atoms with Crippen LogP contribution in [0.4, 0.5) is 17.1 Å². The van der Waals surface area contributed by atoms with Gasteiger partial charge in [-0.25, -0.2) is 4.99 Å². The van der Waals surface area contributed by atoms with Crippen molar-refractivity contribution in [3.05, 3.63) is 48.0 Å². The molecule has 4 nitrogen and oxygen atoms in total. The molecule has 5 heteroatoms. The predicted octanol–water partition coefficient (Wildman–Crippen LogP) is 2.51. The second-order valence-corrected chi connectivity index (χ2v) is 4.41. The average molecular weight is 259 g/mol. The van der Waals surface area contributed by atoms with Crippen molar-refractivity contribution >= 4 is 31.8 Å². The molecular weight excluding hydrogens is 245 g/mol. The molecule has 2 rings (SSSR count). The first-order valence-corrected chi connectivity index (χ1v) is 5.92. The van der Waals surface area contributed by atoms with E-state index in [1.54, 1.807) is 24.3 Å². The molecule has 0 radical (unpaired) electrons. The maximum absolute atomic E-state index is 9.68. The standard InChI is InChI=1S/C13H14N3OP/c14-9-3-1-8(2-4-9)13(18)16-11-7-10(15)5-6-12(11)17/h1-7,17H,14-15,18H2. The van der Waals surface area contributed by atoms with Gasteiger partial charge in [0.15, 0.2) is 0 Å². The van der Waals surface area contributed by atoms with Crippen LogP contribution >= 0.6 is 9.24 Å². The molecule has 0 fully saturated rings. The van der Waals surface area contributed by atoms with Crippen LogP contribution in [-0.4, -0.2) is 10.6 Å². The van der Waals surface area contributed by atoms with Crippen molar-refractivity contribution in [2.24, 2.45) is 4.99 Å². The Balaban J connectivity index is 2.38. The Labute approximate surface area is 108 Å². The van der Waals surface area contributed by atoms with E-state index in [2.05, 4.69) is 14.2 Å². The molecule has 0 aromatic heterocycles. The molecule has 5 N–H and O–H groups in total. The van der Waals surface area contributed by atoms with Gasteiger partial charge in [-0.15, -0.1) is 0 Å². The highest BCUT2D eigenvalue weighted by molar-refractivity contribution is 7.42. The largest absolute Gasteiger partial charge is 0.506 e. The first-order chi connectivity index (χ1) is 8.56. The highest BCUT2D eigenvalue weighted by atomic mass is 31.0. The van der Waals surface area contributed by atoms with Crippen LogP contribution in [0.5, 0.6) is 5.75 Å². The van der Waals surface area contributed by atoms with E-state index in [0.717, 1.165) is 5.56 Å². The minimum Gasteiger partial charge on any atom is -0.506 e. The molecule has 0 aliphatic rings. The van der Waals surface area contributed by atoms with Crippen LogP contribution in [0.1, 0.15) is 5.56 Å². The van der Waals surface area contributed by atoms with Gasteiger partial charge in [-0.1, -0.05) is 21.4 Å². The Hall–Kier alpha value is -2.06. The van der Waals surface area contributed by atoms with Crippen molar-refractivity contribution in [2.75, 3.05) is 11.5 Å². The molecular formula is C13H14N3OP. The molecule has 92 valence electrons. The topological polar surface area (TPSA) is 84.6 Å². The van der Waals surface area contributed by atoms with E-state index < -0.39 is 0 Å². The predicted molar refractivity (Wildman–Crippen MR) is 79.3 cm³/mol. The number of aromatic hydroxyl groups is 1. The molecule has 0 aliphatic heterocycles. The summed E-state index contributed by atoms with van der Waals surface area (Å²) in [7, 11) is 2.53. The van der Waals surface area contributed by atoms with E-state index >= 15 is 0 Å². The summed E-state index contributed by atoms with van der Waals surface area (Å²) in [5, 5.41) is 9.68. The lowest BCUT2D eigenvalue weighted by molar-refractivity contribution is 0.477. The molecule has 0 aliphatic carbocycles. The molecule has 0 heterocycles. The lowest BCUT2D eigenvalue weighted by atomic mass is 10.2. The zero-order valence-corrected chi connectivity index (χ0v) is 10.8. The fourth-order valence-electron chi connectivity index (χ4n) is 1.48. The van der Waals surface area contributed by atoms with Crippen LogP contribution in [0.25, 0.3) is 0 Å². The van der Waals surface area contributed by atoms with Crippen molar-refractivity contribution in [3.63, 3.8) is 0 Å². The van der Waals surface area contributed by atoms with E-state index in [4.69, 9.17) is 11.5 Å². The first kappa shape index (κ1) is 12.4. The van der Waals surface area contributed by atoms with E-state index in [0.29, 0.717) is 22.5 Å². The number of hydrogen-bond acceptors (Lipinski definition) is 4. The van der Waals surface area contributed by atoms with Gasteiger partial charge in [0.2, 0.25) is 0 Å². The Kier molecular flexibility index (Phi) is 3.49. The van der Waals surface area contributed by atoms with Crippen LogP contribution in [0.3, 0.4) is 0 Å². The van der Waals surface area contributed by atoms with Gasteiger partial charge in [0.1, 0.15) is 11.4 Å². The average Bonchev–Trinajstić information content (AvgIpc) is 2.34. The Morgan fingerprint density at radius 2 is 1.61 bits per heavy atom. The quantitative estimate of drug-likeness (QED) is 0.335. The van der Waals surface area contributed by atoms with Gasteiger partial charge in [0, 0.05) is 16.9 Å². The summed E-state index contributed by atoms with van der Waals surface area (Å²) in [6.45, 7) is 0. The summed E-state index contributed by atoms with van der Waals surface area (Å²) in [6, 6.07) is 12.1. The Bertz CT molecular complexity index is 594. The number of phenols is 1. The summed E-state index contributed by atoms with van der Waals surface area (Å²) in [4.78, 5) is 4.33. The molecule has 0 spiro atoms. The van der Waals surface area contributed by atoms with Gasteiger partial charge >= 0.3 is 0 Å². The maximum atomic E-state index is 9.68. The van der Waals surface area contributed by atoms with E-state index in [-0.39, 0.29) is 5.75 Å². The van der Waals surface area contributed by atoms with Crippen LogP contribution in [-0.2, 0) is 0 Å². The number of nitrogen functional groups attached to an aromatic ring is 2. The normalized spacial score (nSPS) is 11.5. The summed E-state index contributed by atoms with van der Waals surface area (Å²) in [6.07, 6.45) is 0. The number of nitrogens with zero attached hydrogens (tertiary/aromatic N) is 1. The zero-order valence-electron chi connectivity index (χ0n) is 9.67. The lowest BCUT2D eigenvalue weighted by Crippen LogP contribution is -1.91. The van der Waals surface area contributed by atoms with Crippen LogP contribution in [0.15, 0.2) is 47.5 Å². The third kappa shape index (κ3) is 2.79. The number of anilines is 2. The first-order valence-electron chi connectivity index (χ1n) is 5.35. The highest BCUT2D eigenvalue weighted by Crippen LogP contribution is 2.29. The number of benzene rings is 2. The van der Waals surface area contributed by atoms with Gasteiger partial charge in [-0.2, -0.15) is 0 Å².